The molecule has 17 heavy (non-hydrogen) atoms. The van der Waals surface area contributed by atoms with Crippen LogP contribution in [0.25, 0.3) is 0 Å². The molecule has 1 nitrogen and oxygen atoms in total. The first kappa shape index (κ1) is 11.1. The van der Waals surface area contributed by atoms with Crippen LogP contribution in [0.15, 0.2) is 24.3 Å². The molecule has 3 atom stereocenters. The van der Waals surface area contributed by atoms with E-state index >= 15 is 0 Å². The third kappa shape index (κ3) is 1.31. The predicted molar refractivity (Wildman–Crippen MR) is 70.1 cm³/mol. The molecule has 2 bridgehead atoms. The van der Waals surface area contributed by atoms with E-state index in [2.05, 4.69) is 32.9 Å². The largest absolute Gasteiger partial charge is 0.508 e. The highest BCUT2D eigenvalue weighted by Crippen LogP contribution is 2.70. The Bertz CT molecular complexity index is 431. The molecule has 2 fully saturated rings. The van der Waals surface area contributed by atoms with Crippen LogP contribution < -0.4 is 0 Å². The van der Waals surface area contributed by atoms with Crippen molar-refractivity contribution in [2.24, 2.45) is 16.7 Å². The van der Waals surface area contributed by atoms with Gasteiger partial charge in [0, 0.05) is 0 Å². The van der Waals surface area contributed by atoms with Crippen LogP contribution >= 0.6 is 0 Å². The first-order chi connectivity index (χ1) is 7.95. The second kappa shape index (κ2) is 3.28. The SMILES string of the molecule is CC1(C)[C@@H]2CC[C@@]1(C)[C@H](c1ccc(O)cc1)C2. The summed E-state index contributed by atoms with van der Waals surface area (Å²) in [6, 6.07) is 7.89. The molecule has 0 unspecified atom stereocenters. The standard InChI is InChI=1S/C16H22O/c1-15(2)12-8-9-16(15,3)14(10-12)11-4-6-13(17)7-5-11/h4-7,12,14,17H,8-10H2,1-3H3/t12-,14+,16+/m1/s1. The molecule has 3 rings (SSSR count). The molecular weight excluding hydrogens is 208 g/mol. The predicted octanol–water partition coefficient (Wildman–Crippen LogP) is 4.32. The molecule has 2 saturated carbocycles. The molecule has 92 valence electrons. The van der Waals surface area contributed by atoms with E-state index in [1.54, 1.807) is 0 Å². The van der Waals surface area contributed by atoms with Crippen molar-refractivity contribution in [2.45, 2.75) is 46.0 Å². The van der Waals surface area contributed by atoms with Gasteiger partial charge in [-0.25, -0.2) is 0 Å². The minimum absolute atomic E-state index is 0.376. The molecule has 2 aliphatic rings. The van der Waals surface area contributed by atoms with Gasteiger partial charge in [0.25, 0.3) is 0 Å². The minimum Gasteiger partial charge on any atom is -0.508 e. The molecule has 0 heterocycles. The minimum atomic E-state index is 0.376. The lowest BCUT2D eigenvalue weighted by molar-refractivity contribution is 0.134. The maximum atomic E-state index is 9.40. The molecule has 0 amide bonds. The van der Waals surface area contributed by atoms with Crippen molar-refractivity contribution >= 4 is 0 Å². The van der Waals surface area contributed by atoms with Crippen LogP contribution in [0.2, 0.25) is 0 Å². The molecule has 2 aliphatic carbocycles. The number of fused-ring (bicyclic) bond motifs is 2. The highest BCUT2D eigenvalue weighted by atomic mass is 16.3. The summed E-state index contributed by atoms with van der Waals surface area (Å²) in [4.78, 5) is 0. The maximum Gasteiger partial charge on any atom is 0.115 e. The third-order valence-corrected chi connectivity index (χ3v) is 6.09. The molecule has 1 aromatic rings. The Labute approximate surface area is 104 Å². The normalized spacial score (nSPS) is 38.5. The number of rotatable bonds is 1. The molecule has 0 aromatic heterocycles. The second-order valence-corrected chi connectivity index (χ2v) is 6.75. The van der Waals surface area contributed by atoms with Gasteiger partial charge < -0.3 is 5.11 Å². The van der Waals surface area contributed by atoms with E-state index < -0.39 is 0 Å². The zero-order valence-electron chi connectivity index (χ0n) is 11.0. The average molecular weight is 230 g/mol. The van der Waals surface area contributed by atoms with Crippen molar-refractivity contribution in [3.63, 3.8) is 0 Å². The number of benzene rings is 1. The lowest BCUT2D eigenvalue weighted by Crippen LogP contribution is -2.31. The van der Waals surface area contributed by atoms with Gasteiger partial charge in [0.15, 0.2) is 0 Å². The van der Waals surface area contributed by atoms with E-state index in [0.29, 0.717) is 22.5 Å². The van der Waals surface area contributed by atoms with Gasteiger partial charge in [0.05, 0.1) is 0 Å². The topological polar surface area (TPSA) is 20.2 Å². The van der Waals surface area contributed by atoms with E-state index in [0.717, 1.165) is 5.92 Å². The molecule has 1 aromatic carbocycles. The first-order valence-electron chi connectivity index (χ1n) is 6.74. The van der Waals surface area contributed by atoms with Gasteiger partial charge in [-0.05, 0) is 59.6 Å². The maximum absolute atomic E-state index is 9.40. The monoisotopic (exact) mass is 230 g/mol. The Kier molecular flexibility index (Phi) is 2.14. The first-order valence-corrected chi connectivity index (χ1v) is 6.74. The molecule has 1 heteroatoms. The summed E-state index contributed by atoms with van der Waals surface area (Å²) in [7, 11) is 0. The van der Waals surface area contributed by atoms with E-state index in [9.17, 15) is 5.11 Å². The molecule has 0 aliphatic heterocycles. The van der Waals surface area contributed by atoms with Crippen molar-refractivity contribution in [2.75, 3.05) is 0 Å². The number of aromatic hydroxyl groups is 1. The van der Waals surface area contributed by atoms with Crippen LogP contribution in [0.4, 0.5) is 0 Å². The summed E-state index contributed by atoms with van der Waals surface area (Å²) >= 11 is 0. The Morgan fingerprint density at radius 2 is 1.76 bits per heavy atom. The van der Waals surface area contributed by atoms with E-state index in [4.69, 9.17) is 0 Å². The van der Waals surface area contributed by atoms with Crippen molar-refractivity contribution in [1.82, 2.24) is 0 Å². The zero-order valence-corrected chi connectivity index (χ0v) is 11.0. The van der Waals surface area contributed by atoms with Crippen molar-refractivity contribution in [3.8, 4) is 5.75 Å². The summed E-state index contributed by atoms with van der Waals surface area (Å²) < 4.78 is 0. The Morgan fingerprint density at radius 1 is 1.12 bits per heavy atom. The highest BCUT2D eigenvalue weighted by molar-refractivity contribution is 5.32. The van der Waals surface area contributed by atoms with Crippen LogP contribution in [0.3, 0.4) is 0 Å². The van der Waals surface area contributed by atoms with Crippen molar-refractivity contribution in [3.05, 3.63) is 29.8 Å². The third-order valence-electron chi connectivity index (χ3n) is 6.09. The van der Waals surface area contributed by atoms with Gasteiger partial charge in [-0.1, -0.05) is 32.9 Å². The van der Waals surface area contributed by atoms with Gasteiger partial charge in [-0.3, -0.25) is 0 Å². The van der Waals surface area contributed by atoms with Crippen LogP contribution in [-0.4, -0.2) is 5.11 Å². The Balaban J connectivity index is 1.99. The molecule has 0 radical (unpaired) electrons. The van der Waals surface area contributed by atoms with E-state index in [-0.39, 0.29) is 0 Å². The summed E-state index contributed by atoms with van der Waals surface area (Å²) in [6.45, 7) is 7.37. The van der Waals surface area contributed by atoms with Gasteiger partial charge in [-0.15, -0.1) is 0 Å². The van der Waals surface area contributed by atoms with Gasteiger partial charge in [0.1, 0.15) is 5.75 Å². The number of hydrogen-bond donors (Lipinski definition) is 1. The van der Waals surface area contributed by atoms with Crippen LogP contribution in [0.1, 0.15) is 51.5 Å². The zero-order chi connectivity index (χ0) is 12.3. The number of phenols is 1. The molecular formula is C16H22O. The van der Waals surface area contributed by atoms with Crippen molar-refractivity contribution < 1.29 is 5.11 Å². The summed E-state index contributed by atoms with van der Waals surface area (Å²) in [5.74, 6) is 1.93. The summed E-state index contributed by atoms with van der Waals surface area (Å²) in [5, 5.41) is 9.40. The van der Waals surface area contributed by atoms with E-state index in [1.807, 2.05) is 12.1 Å². The highest BCUT2D eigenvalue weighted by Gasteiger charge is 2.61. The van der Waals surface area contributed by atoms with Crippen LogP contribution in [0.5, 0.6) is 5.75 Å². The lowest BCUT2D eigenvalue weighted by Gasteiger charge is -2.39. The quantitative estimate of drug-likeness (QED) is 0.761. The molecule has 0 saturated heterocycles. The van der Waals surface area contributed by atoms with Crippen molar-refractivity contribution in [1.29, 1.82) is 0 Å². The van der Waals surface area contributed by atoms with Gasteiger partial charge in [0.2, 0.25) is 0 Å². The van der Waals surface area contributed by atoms with Crippen LogP contribution in [0, 0.1) is 16.7 Å². The van der Waals surface area contributed by atoms with Gasteiger partial charge in [-0.2, -0.15) is 0 Å². The fourth-order valence-corrected chi connectivity index (χ4v) is 4.41. The summed E-state index contributed by atoms with van der Waals surface area (Å²) in [6.07, 6.45) is 4.09. The Hall–Kier alpha value is -0.980. The smallest absolute Gasteiger partial charge is 0.115 e. The Morgan fingerprint density at radius 3 is 2.24 bits per heavy atom. The van der Waals surface area contributed by atoms with Gasteiger partial charge >= 0.3 is 0 Å². The molecule has 1 N–H and O–H groups in total. The molecule has 0 spiro atoms. The summed E-state index contributed by atoms with van der Waals surface area (Å²) in [5.41, 5.74) is 2.32. The fourth-order valence-electron chi connectivity index (χ4n) is 4.41. The van der Waals surface area contributed by atoms with Crippen LogP contribution in [-0.2, 0) is 0 Å². The average Bonchev–Trinajstić information content (AvgIpc) is 2.62. The number of phenolic OH excluding ortho intramolecular Hbond substituents is 1. The van der Waals surface area contributed by atoms with E-state index in [1.165, 1.54) is 24.8 Å². The fraction of sp³-hybridized carbons (Fsp3) is 0.625. The second-order valence-electron chi connectivity index (χ2n) is 6.75. The lowest BCUT2D eigenvalue weighted by atomic mass is 9.65. The number of hydrogen-bond acceptors (Lipinski definition) is 1.